The standard InChI is InChI=1S/C22H39NO16S/c1-7(27)23-11-14(30)18(10(6-26)37-20(11)34-2-3-40)38-22-17(33)19(13(29)9(5-25)36-22)39-21-16(32)15(31)12(28)8(4-24)35-21/h8-22,24-26,28-33,40H,2-6H2,1H3,(H,23,27). The van der Waals surface area contributed by atoms with Crippen LogP contribution in [0.1, 0.15) is 6.92 Å². The minimum absolute atomic E-state index is 0.0811. The Morgan fingerprint density at radius 3 is 1.77 bits per heavy atom. The summed E-state index contributed by atoms with van der Waals surface area (Å²) in [6, 6.07) is -1.19. The molecule has 17 nitrogen and oxygen atoms in total. The highest BCUT2D eigenvalue weighted by molar-refractivity contribution is 7.80. The number of carbonyl (C=O) groups excluding carboxylic acids is 1. The van der Waals surface area contributed by atoms with Gasteiger partial charge in [0.2, 0.25) is 5.91 Å². The van der Waals surface area contributed by atoms with Gasteiger partial charge in [0.05, 0.1) is 26.4 Å². The fourth-order valence-electron chi connectivity index (χ4n) is 4.75. The zero-order valence-corrected chi connectivity index (χ0v) is 22.4. The van der Waals surface area contributed by atoms with E-state index in [1.165, 1.54) is 6.92 Å². The topological polar surface area (TPSA) is 267 Å². The number of hydrogen-bond donors (Lipinski definition) is 11. The molecule has 0 aromatic heterocycles. The van der Waals surface area contributed by atoms with E-state index in [4.69, 9.17) is 28.4 Å². The molecule has 0 aromatic rings. The van der Waals surface area contributed by atoms with Gasteiger partial charge in [-0.25, -0.2) is 0 Å². The molecule has 0 bridgehead atoms. The van der Waals surface area contributed by atoms with E-state index in [-0.39, 0.29) is 12.4 Å². The van der Waals surface area contributed by atoms with E-state index in [0.717, 1.165) is 0 Å². The molecule has 40 heavy (non-hydrogen) atoms. The molecule has 3 heterocycles. The molecule has 10 N–H and O–H groups in total. The summed E-state index contributed by atoms with van der Waals surface area (Å²) in [5.41, 5.74) is 0. The number of ether oxygens (including phenoxy) is 6. The fourth-order valence-corrected chi connectivity index (χ4v) is 4.86. The maximum atomic E-state index is 11.8. The zero-order chi connectivity index (χ0) is 29.7. The van der Waals surface area contributed by atoms with Crippen molar-refractivity contribution in [3.63, 3.8) is 0 Å². The van der Waals surface area contributed by atoms with Crippen LogP contribution >= 0.6 is 12.6 Å². The van der Waals surface area contributed by atoms with Crippen molar-refractivity contribution >= 4 is 18.5 Å². The third-order valence-corrected chi connectivity index (χ3v) is 7.03. The van der Waals surface area contributed by atoms with Crippen molar-refractivity contribution in [3.05, 3.63) is 0 Å². The van der Waals surface area contributed by atoms with Crippen LogP contribution in [0.15, 0.2) is 0 Å². The lowest BCUT2D eigenvalue weighted by Gasteiger charge is -2.48. The van der Waals surface area contributed by atoms with Gasteiger partial charge in [0.15, 0.2) is 18.9 Å². The summed E-state index contributed by atoms with van der Waals surface area (Å²) in [5.74, 6) is -0.256. The number of nitrogens with one attached hydrogen (secondary N) is 1. The lowest BCUT2D eigenvalue weighted by atomic mass is 9.95. The average molecular weight is 606 g/mol. The van der Waals surface area contributed by atoms with Gasteiger partial charge in [-0.3, -0.25) is 4.79 Å². The number of thiol groups is 1. The summed E-state index contributed by atoms with van der Waals surface area (Å²) in [7, 11) is 0. The normalized spacial score (nSPS) is 46.2. The summed E-state index contributed by atoms with van der Waals surface area (Å²) >= 11 is 4.04. The summed E-state index contributed by atoms with van der Waals surface area (Å²) in [5, 5.41) is 94.7. The molecule has 0 aliphatic carbocycles. The Balaban J connectivity index is 1.81. The van der Waals surface area contributed by atoms with E-state index in [1.54, 1.807) is 0 Å². The largest absolute Gasteiger partial charge is 0.394 e. The quantitative estimate of drug-likeness (QED) is 0.0978. The van der Waals surface area contributed by atoms with Crippen LogP contribution in [-0.2, 0) is 33.2 Å². The Labute approximate surface area is 234 Å². The molecule has 3 fully saturated rings. The Kier molecular flexibility index (Phi) is 12.7. The molecule has 1 amide bonds. The van der Waals surface area contributed by atoms with Crippen LogP contribution in [-0.4, -0.2) is 176 Å². The number of aliphatic hydroxyl groups is 9. The van der Waals surface area contributed by atoms with Crippen molar-refractivity contribution in [1.82, 2.24) is 5.32 Å². The first kappa shape index (κ1) is 33.7. The van der Waals surface area contributed by atoms with Crippen molar-refractivity contribution in [2.24, 2.45) is 0 Å². The van der Waals surface area contributed by atoms with Crippen LogP contribution in [0, 0.1) is 0 Å². The van der Waals surface area contributed by atoms with Crippen LogP contribution in [0.4, 0.5) is 0 Å². The van der Waals surface area contributed by atoms with Crippen molar-refractivity contribution in [1.29, 1.82) is 0 Å². The predicted molar refractivity (Wildman–Crippen MR) is 130 cm³/mol. The molecule has 0 radical (unpaired) electrons. The summed E-state index contributed by atoms with van der Waals surface area (Å²) in [4.78, 5) is 11.8. The van der Waals surface area contributed by atoms with E-state index in [2.05, 4.69) is 17.9 Å². The van der Waals surface area contributed by atoms with Gasteiger partial charge in [-0.15, -0.1) is 0 Å². The first-order valence-electron chi connectivity index (χ1n) is 12.7. The van der Waals surface area contributed by atoms with Crippen LogP contribution in [0.2, 0.25) is 0 Å². The average Bonchev–Trinajstić information content (AvgIpc) is 2.93. The zero-order valence-electron chi connectivity index (χ0n) is 21.5. The molecule has 3 aliphatic heterocycles. The predicted octanol–water partition coefficient (Wildman–Crippen LogP) is -6.48. The number of aliphatic hydroxyl groups excluding tert-OH is 9. The molecule has 0 saturated carbocycles. The molecule has 15 atom stereocenters. The van der Waals surface area contributed by atoms with E-state index >= 15 is 0 Å². The molecular formula is C22H39NO16S. The van der Waals surface area contributed by atoms with Gasteiger partial charge in [0.25, 0.3) is 0 Å². The van der Waals surface area contributed by atoms with E-state index in [1.807, 2.05) is 0 Å². The molecule has 234 valence electrons. The number of hydrogen-bond acceptors (Lipinski definition) is 17. The molecule has 3 saturated heterocycles. The highest BCUT2D eigenvalue weighted by Gasteiger charge is 2.54. The third kappa shape index (κ3) is 7.40. The Morgan fingerprint density at radius 1 is 0.700 bits per heavy atom. The first-order chi connectivity index (χ1) is 19.0. The van der Waals surface area contributed by atoms with E-state index in [0.29, 0.717) is 0 Å². The minimum atomic E-state index is -1.89. The molecule has 0 spiro atoms. The van der Waals surface area contributed by atoms with E-state index < -0.39 is 118 Å². The third-order valence-electron chi connectivity index (χ3n) is 6.85. The first-order valence-corrected chi connectivity index (χ1v) is 13.3. The van der Waals surface area contributed by atoms with Gasteiger partial charge in [-0.2, -0.15) is 12.6 Å². The molecule has 0 aromatic carbocycles. The van der Waals surface area contributed by atoms with Crippen LogP contribution in [0.25, 0.3) is 0 Å². The van der Waals surface area contributed by atoms with Gasteiger partial charge in [0, 0.05) is 12.7 Å². The van der Waals surface area contributed by atoms with Crippen LogP contribution in [0.3, 0.4) is 0 Å². The maximum absolute atomic E-state index is 11.8. The van der Waals surface area contributed by atoms with Gasteiger partial charge in [-0.05, 0) is 0 Å². The molecular weight excluding hydrogens is 566 g/mol. The fraction of sp³-hybridized carbons (Fsp3) is 0.955. The second-order valence-electron chi connectivity index (χ2n) is 9.64. The van der Waals surface area contributed by atoms with Crippen molar-refractivity contribution < 1.29 is 79.2 Å². The summed E-state index contributed by atoms with van der Waals surface area (Å²) in [6.45, 7) is -0.986. The van der Waals surface area contributed by atoms with Crippen LogP contribution in [0.5, 0.6) is 0 Å². The maximum Gasteiger partial charge on any atom is 0.217 e. The summed E-state index contributed by atoms with van der Waals surface area (Å²) in [6.07, 6.45) is -22.5. The van der Waals surface area contributed by atoms with Gasteiger partial charge in [0.1, 0.15) is 73.2 Å². The highest BCUT2D eigenvalue weighted by atomic mass is 32.1. The smallest absolute Gasteiger partial charge is 0.217 e. The second kappa shape index (κ2) is 15.1. The van der Waals surface area contributed by atoms with E-state index in [9.17, 15) is 50.8 Å². The van der Waals surface area contributed by atoms with Gasteiger partial charge < -0.3 is 79.7 Å². The van der Waals surface area contributed by atoms with Gasteiger partial charge in [-0.1, -0.05) is 0 Å². The second-order valence-corrected chi connectivity index (χ2v) is 10.1. The highest BCUT2D eigenvalue weighted by Crippen LogP contribution is 2.32. The Hall–Kier alpha value is -0.780. The Bertz CT molecular complexity index is 798. The molecule has 3 rings (SSSR count). The Morgan fingerprint density at radius 2 is 1.23 bits per heavy atom. The summed E-state index contributed by atoms with van der Waals surface area (Å²) < 4.78 is 33.3. The number of amides is 1. The van der Waals surface area contributed by atoms with Crippen molar-refractivity contribution in [2.45, 2.75) is 99.0 Å². The lowest BCUT2D eigenvalue weighted by molar-refractivity contribution is -0.375. The number of carbonyl (C=O) groups is 1. The monoisotopic (exact) mass is 605 g/mol. The molecule has 3 aliphatic rings. The van der Waals surface area contributed by atoms with Crippen LogP contribution < -0.4 is 5.32 Å². The van der Waals surface area contributed by atoms with Crippen molar-refractivity contribution in [3.8, 4) is 0 Å². The SMILES string of the molecule is CC(=O)NC1C(OCCS)OC(CO)C(OC2OC(CO)C(O)C(OC3OC(CO)C(O)C(O)C3O)C2O)C1O. The van der Waals surface area contributed by atoms with Gasteiger partial charge >= 0.3 is 0 Å². The molecule has 18 heteroatoms. The minimum Gasteiger partial charge on any atom is -0.394 e. The lowest BCUT2D eigenvalue weighted by Crippen LogP contribution is -2.68. The molecule has 15 unspecified atom stereocenters. The number of rotatable bonds is 11. The van der Waals surface area contributed by atoms with Crippen molar-refractivity contribution in [2.75, 3.05) is 32.2 Å².